The predicted molar refractivity (Wildman–Crippen MR) is 124 cm³/mol. The molecule has 0 aliphatic rings. The Balaban J connectivity index is 3.04. The molecule has 0 aliphatic heterocycles. The second-order valence-electron chi connectivity index (χ2n) is 6.81. The Morgan fingerprint density at radius 3 is 1.09 bits per heavy atom. The van der Waals surface area contributed by atoms with Gasteiger partial charge < -0.3 is 48.5 Å². The average Bonchev–Trinajstić information content (AvgIpc) is 2.83. The van der Waals surface area contributed by atoms with Crippen LogP contribution >= 0.6 is 0 Å². The fraction of sp³-hybridized carbons (Fsp3) is 0.909. The quantitative estimate of drug-likeness (QED) is 0.142. The van der Waals surface area contributed by atoms with E-state index in [9.17, 15) is 9.59 Å². The summed E-state index contributed by atoms with van der Waals surface area (Å²) in [4.78, 5) is 21.6. The summed E-state index contributed by atoms with van der Waals surface area (Å²) in [6.07, 6.45) is 0.357. The molecule has 0 atom stereocenters. The lowest BCUT2D eigenvalue weighted by molar-refractivity contribution is -0.122. The van der Waals surface area contributed by atoms with Crippen LogP contribution in [0.3, 0.4) is 0 Å². The van der Waals surface area contributed by atoms with Gasteiger partial charge in [0, 0.05) is 26.9 Å². The number of carbonyl (C=O) groups excluding carboxylic acids is 2. The van der Waals surface area contributed by atoms with E-state index in [1.54, 1.807) is 7.05 Å². The van der Waals surface area contributed by atoms with Crippen molar-refractivity contribution < 1.29 is 47.5 Å². The second-order valence-corrected chi connectivity index (χ2v) is 6.81. The number of amides is 2. The minimum atomic E-state index is -0.0622. The highest BCUT2D eigenvalue weighted by atomic mass is 16.6. The molecule has 0 aromatic rings. The van der Waals surface area contributed by atoms with Crippen LogP contribution in [0.15, 0.2) is 0 Å². The molecule has 0 aromatic heterocycles. The second kappa shape index (κ2) is 27.9. The van der Waals surface area contributed by atoms with E-state index in [4.69, 9.17) is 37.9 Å². The smallest absolute Gasteiger partial charge is 0.222 e. The minimum absolute atomic E-state index is 0.0363. The van der Waals surface area contributed by atoms with Crippen LogP contribution in [-0.2, 0) is 47.5 Å². The fourth-order valence-corrected chi connectivity index (χ4v) is 2.23. The summed E-state index contributed by atoms with van der Waals surface area (Å²) < 4.78 is 42.9. The molecule has 0 saturated heterocycles. The van der Waals surface area contributed by atoms with E-state index in [0.717, 1.165) is 0 Å². The van der Waals surface area contributed by atoms with Gasteiger partial charge >= 0.3 is 0 Å². The van der Waals surface area contributed by atoms with Gasteiger partial charge in [0.1, 0.15) is 0 Å². The summed E-state index contributed by atoms with van der Waals surface area (Å²) in [5.74, 6) is -0.0985. The molecule has 0 radical (unpaired) electrons. The summed E-state index contributed by atoms with van der Waals surface area (Å²) in [5.41, 5.74) is 0. The van der Waals surface area contributed by atoms with Gasteiger partial charge in [-0.1, -0.05) is 0 Å². The van der Waals surface area contributed by atoms with E-state index in [0.29, 0.717) is 119 Å². The minimum Gasteiger partial charge on any atom is -0.379 e. The summed E-state index contributed by atoms with van der Waals surface area (Å²) >= 11 is 0. The molecule has 0 fully saturated rings. The molecule has 0 heterocycles. The topological polar surface area (TPSA) is 132 Å². The van der Waals surface area contributed by atoms with Crippen molar-refractivity contribution in [2.24, 2.45) is 0 Å². The molecule has 0 bridgehead atoms. The first-order valence-electron chi connectivity index (χ1n) is 11.7. The molecular formula is C22H44N2O10. The van der Waals surface area contributed by atoms with E-state index in [1.165, 1.54) is 6.92 Å². The average molecular weight is 497 g/mol. The van der Waals surface area contributed by atoms with Crippen molar-refractivity contribution in [2.75, 3.05) is 119 Å². The van der Waals surface area contributed by atoms with Crippen molar-refractivity contribution >= 4 is 11.8 Å². The van der Waals surface area contributed by atoms with E-state index in [2.05, 4.69) is 10.6 Å². The molecule has 0 unspecified atom stereocenters. The standard InChI is InChI=1S/C22H44N2O10/c1-21(25)24-4-6-28-8-10-30-12-14-32-16-18-34-20-19-33-17-15-31-13-11-29-9-7-27-5-3-22(26)23-2/h3-20H2,1-2H3,(H,23,26)(H,24,25). The summed E-state index contributed by atoms with van der Waals surface area (Å²) in [6, 6.07) is 0. The van der Waals surface area contributed by atoms with Crippen molar-refractivity contribution in [1.29, 1.82) is 0 Å². The van der Waals surface area contributed by atoms with Gasteiger partial charge in [-0.05, 0) is 0 Å². The van der Waals surface area contributed by atoms with Crippen molar-refractivity contribution in [3.8, 4) is 0 Å². The van der Waals surface area contributed by atoms with Gasteiger partial charge in [-0.3, -0.25) is 9.59 Å². The molecule has 0 aromatic carbocycles. The summed E-state index contributed by atoms with van der Waals surface area (Å²) in [7, 11) is 1.60. The third-order valence-corrected chi connectivity index (χ3v) is 3.98. The van der Waals surface area contributed by atoms with Gasteiger partial charge in [0.05, 0.1) is 106 Å². The van der Waals surface area contributed by atoms with Gasteiger partial charge in [0.2, 0.25) is 11.8 Å². The summed E-state index contributed by atoms with van der Waals surface area (Å²) in [6.45, 7) is 9.71. The molecular weight excluding hydrogens is 452 g/mol. The zero-order valence-electron chi connectivity index (χ0n) is 20.8. The normalized spacial score (nSPS) is 11.0. The Hall–Kier alpha value is -1.38. The van der Waals surface area contributed by atoms with Crippen LogP contribution in [0.1, 0.15) is 13.3 Å². The third-order valence-electron chi connectivity index (χ3n) is 3.98. The molecule has 0 spiro atoms. The number of carbonyl (C=O) groups is 2. The largest absolute Gasteiger partial charge is 0.379 e. The van der Waals surface area contributed by atoms with Crippen molar-refractivity contribution in [1.82, 2.24) is 10.6 Å². The molecule has 0 rings (SSSR count). The van der Waals surface area contributed by atoms with Crippen molar-refractivity contribution in [3.05, 3.63) is 0 Å². The number of ether oxygens (including phenoxy) is 8. The van der Waals surface area contributed by atoms with E-state index in [-0.39, 0.29) is 11.8 Å². The first kappa shape index (κ1) is 32.6. The Bertz CT molecular complexity index is 457. The Labute approximate surface area is 203 Å². The highest BCUT2D eigenvalue weighted by Gasteiger charge is 1.98. The lowest BCUT2D eigenvalue weighted by atomic mass is 10.4. The van der Waals surface area contributed by atoms with E-state index < -0.39 is 0 Å². The molecule has 2 N–H and O–H groups in total. The zero-order chi connectivity index (χ0) is 25.0. The Morgan fingerprint density at radius 2 is 0.794 bits per heavy atom. The van der Waals surface area contributed by atoms with Gasteiger partial charge in [-0.2, -0.15) is 0 Å². The molecule has 34 heavy (non-hydrogen) atoms. The molecule has 202 valence electrons. The van der Waals surface area contributed by atoms with Crippen molar-refractivity contribution in [2.45, 2.75) is 13.3 Å². The first-order chi connectivity index (χ1) is 16.7. The number of hydrogen-bond donors (Lipinski definition) is 2. The molecule has 0 saturated carbocycles. The van der Waals surface area contributed by atoms with Crippen LogP contribution in [0.5, 0.6) is 0 Å². The van der Waals surface area contributed by atoms with Gasteiger partial charge in [0.25, 0.3) is 0 Å². The maximum Gasteiger partial charge on any atom is 0.222 e. The van der Waals surface area contributed by atoms with E-state index in [1.807, 2.05) is 0 Å². The number of hydrogen-bond acceptors (Lipinski definition) is 10. The predicted octanol–water partition coefficient (Wildman–Crippen LogP) is -0.609. The lowest BCUT2D eigenvalue weighted by Crippen LogP contribution is -2.25. The zero-order valence-corrected chi connectivity index (χ0v) is 20.8. The highest BCUT2D eigenvalue weighted by molar-refractivity contribution is 5.75. The van der Waals surface area contributed by atoms with Crippen LogP contribution < -0.4 is 10.6 Å². The van der Waals surface area contributed by atoms with Gasteiger partial charge in [-0.25, -0.2) is 0 Å². The molecule has 12 nitrogen and oxygen atoms in total. The van der Waals surface area contributed by atoms with Crippen LogP contribution in [-0.4, -0.2) is 131 Å². The highest BCUT2D eigenvalue weighted by Crippen LogP contribution is 1.87. The molecule has 2 amide bonds. The van der Waals surface area contributed by atoms with Crippen molar-refractivity contribution in [3.63, 3.8) is 0 Å². The number of rotatable bonds is 27. The lowest BCUT2D eigenvalue weighted by Gasteiger charge is -2.08. The van der Waals surface area contributed by atoms with Gasteiger partial charge in [-0.15, -0.1) is 0 Å². The van der Waals surface area contributed by atoms with Gasteiger partial charge in [0.15, 0.2) is 0 Å². The first-order valence-corrected chi connectivity index (χ1v) is 11.7. The van der Waals surface area contributed by atoms with Crippen LogP contribution in [0.4, 0.5) is 0 Å². The monoisotopic (exact) mass is 496 g/mol. The summed E-state index contributed by atoms with van der Waals surface area (Å²) in [5, 5.41) is 5.18. The Morgan fingerprint density at radius 1 is 0.500 bits per heavy atom. The molecule has 0 aliphatic carbocycles. The SMILES string of the molecule is CNC(=O)CCOCCOCCOCCOCCOCCOCCOCCOCCNC(C)=O. The van der Waals surface area contributed by atoms with Crippen LogP contribution in [0.25, 0.3) is 0 Å². The maximum atomic E-state index is 11.0. The molecule has 12 heteroatoms. The van der Waals surface area contributed by atoms with Crippen LogP contribution in [0, 0.1) is 0 Å². The Kier molecular flexibility index (Phi) is 26.7. The fourth-order valence-electron chi connectivity index (χ4n) is 2.23. The number of nitrogens with one attached hydrogen (secondary N) is 2. The van der Waals surface area contributed by atoms with Crippen LogP contribution in [0.2, 0.25) is 0 Å². The third kappa shape index (κ3) is 28.7. The maximum absolute atomic E-state index is 11.0. The van der Waals surface area contributed by atoms with E-state index >= 15 is 0 Å².